The van der Waals surface area contributed by atoms with E-state index >= 15 is 0 Å². The number of hydrogen-bond acceptors (Lipinski definition) is 5. The Kier molecular flexibility index (Phi) is 4.12. The lowest BCUT2D eigenvalue weighted by Gasteiger charge is -2.09. The molecule has 7 nitrogen and oxygen atoms in total. The molecule has 0 fully saturated rings. The molecule has 4 rings (SSSR count). The summed E-state index contributed by atoms with van der Waals surface area (Å²) >= 11 is 0. The minimum Gasteiger partial charge on any atom is -0.467 e. The molecule has 0 unspecified atom stereocenters. The van der Waals surface area contributed by atoms with Crippen LogP contribution < -0.4 is 10.7 Å². The number of nitrogens with one attached hydrogen (secondary N) is 1. The van der Waals surface area contributed by atoms with E-state index < -0.39 is 5.91 Å². The monoisotopic (exact) mass is 363 g/mol. The number of benzene rings is 1. The smallest absolute Gasteiger partial charge is 0.292 e. The van der Waals surface area contributed by atoms with Gasteiger partial charge in [-0.1, -0.05) is 6.07 Å². The molecule has 3 heterocycles. The molecule has 0 radical (unpaired) electrons. The quantitative estimate of drug-likeness (QED) is 0.599. The van der Waals surface area contributed by atoms with Crippen LogP contribution in [0.5, 0.6) is 0 Å². The van der Waals surface area contributed by atoms with Crippen LogP contribution in [-0.4, -0.2) is 15.7 Å². The van der Waals surface area contributed by atoms with Crippen LogP contribution in [-0.2, 0) is 6.54 Å². The minimum atomic E-state index is -0.518. The predicted octanol–water partition coefficient (Wildman–Crippen LogP) is 3.50. The van der Waals surface area contributed by atoms with Crippen LogP contribution in [0.3, 0.4) is 0 Å². The van der Waals surface area contributed by atoms with Crippen molar-refractivity contribution in [2.75, 3.05) is 5.32 Å². The first kappa shape index (κ1) is 16.8. The Morgan fingerprint density at radius 2 is 2.07 bits per heavy atom. The van der Waals surface area contributed by atoms with E-state index in [-0.39, 0.29) is 11.2 Å². The molecule has 1 N–H and O–H groups in total. The third-order valence-electron chi connectivity index (χ3n) is 4.23. The Bertz CT molecular complexity index is 1190. The van der Waals surface area contributed by atoms with Crippen LogP contribution in [0.15, 0.2) is 62.5 Å². The molecule has 4 aromatic rings. The number of carbonyl (C=O) groups excluding carboxylic acids is 1. The van der Waals surface area contributed by atoms with Crippen molar-refractivity contribution in [1.29, 1.82) is 0 Å². The van der Waals surface area contributed by atoms with Crippen molar-refractivity contribution in [3.05, 3.63) is 81.7 Å². The maximum Gasteiger partial charge on any atom is 0.292 e. The van der Waals surface area contributed by atoms with E-state index in [1.165, 1.54) is 6.07 Å². The average molecular weight is 363 g/mol. The number of nitrogens with zero attached hydrogens (tertiary/aromatic N) is 2. The highest BCUT2D eigenvalue weighted by Crippen LogP contribution is 2.20. The fourth-order valence-corrected chi connectivity index (χ4v) is 3.01. The molecule has 7 heteroatoms. The third kappa shape index (κ3) is 3.27. The summed E-state index contributed by atoms with van der Waals surface area (Å²) in [6, 6.07) is 10.1. The molecule has 0 aliphatic rings. The lowest BCUT2D eigenvalue weighted by atomic mass is 10.1. The van der Waals surface area contributed by atoms with Crippen LogP contribution in [0.4, 0.5) is 5.82 Å². The van der Waals surface area contributed by atoms with Crippen molar-refractivity contribution in [3.63, 3.8) is 0 Å². The zero-order valence-corrected chi connectivity index (χ0v) is 14.9. The Labute approximate surface area is 154 Å². The second-order valence-electron chi connectivity index (χ2n) is 6.34. The van der Waals surface area contributed by atoms with E-state index in [2.05, 4.69) is 10.4 Å². The van der Waals surface area contributed by atoms with Gasteiger partial charge in [0, 0.05) is 12.1 Å². The van der Waals surface area contributed by atoms with Gasteiger partial charge >= 0.3 is 0 Å². The SMILES string of the molecule is Cc1cc(C)c2oc(C(=O)Nc3ccnn3Cc3ccco3)cc(=O)c2c1. The molecule has 136 valence electrons. The molecule has 0 spiro atoms. The van der Waals surface area contributed by atoms with Crippen LogP contribution in [0, 0.1) is 13.8 Å². The molecule has 0 aliphatic carbocycles. The standard InChI is InChI=1S/C20H17N3O4/c1-12-8-13(2)19-15(9-12)16(24)10-17(27-19)20(25)22-18-5-6-21-23(18)11-14-4-3-7-26-14/h3-10H,11H2,1-2H3,(H,22,25). The van der Waals surface area contributed by atoms with Gasteiger partial charge in [-0.15, -0.1) is 0 Å². The molecule has 0 aliphatic heterocycles. The van der Waals surface area contributed by atoms with Crippen molar-refractivity contribution in [2.45, 2.75) is 20.4 Å². The molecular formula is C20H17N3O4. The maximum absolute atomic E-state index is 12.6. The first-order valence-corrected chi connectivity index (χ1v) is 8.42. The van der Waals surface area contributed by atoms with Crippen LogP contribution >= 0.6 is 0 Å². The number of aromatic nitrogens is 2. The van der Waals surface area contributed by atoms with E-state index in [1.54, 1.807) is 35.3 Å². The number of aryl methyl sites for hydroxylation is 2. The second kappa shape index (κ2) is 6.60. The van der Waals surface area contributed by atoms with E-state index in [4.69, 9.17) is 8.83 Å². The van der Waals surface area contributed by atoms with Crippen molar-refractivity contribution < 1.29 is 13.6 Å². The molecule has 1 amide bonds. The van der Waals surface area contributed by atoms with Crippen molar-refractivity contribution >= 4 is 22.7 Å². The molecule has 0 atom stereocenters. The van der Waals surface area contributed by atoms with E-state index in [1.807, 2.05) is 26.0 Å². The summed E-state index contributed by atoms with van der Waals surface area (Å²) in [5.41, 5.74) is 1.94. The van der Waals surface area contributed by atoms with Crippen LogP contribution in [0.1, 0.15) is 27.4 Å². The average Bonchev–Trinajstić information content (AvgIpc) is 3.28. The van der Waals surface area contributed by atoms with Crippen molar-refractivity contribution in [2.24, 2.45) is 0 Å². The maximum atomic E-state index is 12.6. The van der Waals surface area contributed by atoms with Gasteiger partial charge in [-0.2, -0.15) is 5.10 Å². The Hall–Kier alpha value is -3.61. The number of hydrogen-bond donors (Lipinski definition) is 1. The molecular weight excluding hydrogens is 346 g/mol. The predicted molar refractivity (Wildman–Crippen MR) is 99.9 cm³/mol. The zero-order chi connectivity index (χ0) is 19.0. The number of rotatable bonds is 4. The zero-order valence-electron chi connectivity index (χ0n) is 14.9. The number of carbonyl (C=O) groups is 1. The Balaban J connectivity index is 1.65. The fraction of sp³-hybridized carbons (Fsp3) is 0.150. The minimum absolute atomic E-state index is 0.0507. The van der Waals surface area contributed by atoms with Gasteiger partial charge in [-0.05, 0) is 43.2 Å². The third-order valence-corrected chi connectivity index (χ3v) is 4.23. The summed E-state index contributed by atoms with van der Waals surface area (Å²) in [4.78, 5) is 25.1. The van der Waals surface area contributed by atoms with Gasteiger partial charge in [0.1, 0.15) is 23.7 Å². The number of fused-ring (bicyclic) bond motifs is 1. The second-order valence-corrected chi connectivity index (χ2v) is 6.34. The van der Waals surface area contributed by atoms with Crippen LogP contribution in [0.2, 0.25) is 0 Å². The summed E-state index contributed by atoms with van der Waals surface area (Å²) < 4.78 is 12.6. The summed E-state index contributed by atoms with van der Waals surface area (Å²) in [6.07, 6.45) is 3.15. The first-order chi connectivity index (χ1) is 13.0. The highest BCUT2D eigenvalue weighted by molar-refractivity contribution is 6.02. The molecule has 1 aromatic carbocycles. The van der Waals surface area contributed by atoms with Gasteiger partial charge in [-0.3, -0.25) is 9.59 Å². The van der Waals surface area contributed by atoms with Gasteiger partial charge < -0.3 is 14.2 Å². The number of amides is 1. The van der Waals surface area contributed by atoms with Crippen molar-refractivity contribution in [3.8, 4) is 0 Å². The van der Waals surface area contributed by atoms with E-state index in [0.717, 1.165) is 11.1 Å². The Morgan fingerprint density at radius 1 is 1.22 bits per heavy atom. The Morgan fingerprint density at radius 3 is 2.85 bits per heavy atom. The largest absolute Gasteiger partial charge is 0.467 e. The van der Waals surface area contributed by atoms with Crippen molar-refractivity contribution in [1.82, 2.24) is 9.78 Å². The van der Waals surface area contributed by atoms with Gasteiger partial charge in [0.25, 0.3) is 5.91 Å². The van der Waals surface area contributed by atoms with E-state index in [0.29, 0.717) is 29.1 Å². The number of furan rings is 1. The van der Waals surface area contributed by atoms with E-state index in [9.17, 15) is 9.59 Å². The fourth-order valence-electron chi connectivity index (χ4n) is 3.01. The molecule has 0 bridgehead atoms. The molecule has 27 heavy (non-hydrogen) atoms. The molecule has 3 aromatic heterocycles. The molecule has 0 saturated heterocycles. The normalized spacial score (nSPS) is 11.0. The van der Waals surface area contributed by atoms with Gasteiger partial charge in [0.15, 0.2) is 11.2 Å². The van der Waals surface area contributed by atoms with Gasteiger partial charge in [0.05, 0.1) is 17.8 Å². The number of anilines is 1. The summed E-state index contributed by atoms with van der Waals surface area (Å²) in [5, 5.41) is 7.37. The summed E-state index contributed by atoms with van der Waals surface area (Å²) in [5.74, 6) is 0.609. The highest BCUT2D eigenvalue weighted by Gasteiger charge is 2.16. The molecule has 0 saturated carbocycles. The summed E-state index contributed by atoms with van der Waals surface area (Å²) in [6.45, 7) is 4.13. The lowest BCUT2D eigenvalue weighted by Crippen LogP contribution is -2.18. The first-order valence-electron chi connectivity index (χ1n) is 8.42. The van der Waals surface area contributed by atoms with Gasteiger partial charge in [0.2, 0.25) is 0 Å². The summed E-state index contributed by atoms with van der Waals surface area (Å²) in [7, 11) is 0. The topological polar surface area (TPSA) is 90.3 Å². The van der Waals surface area contributed by atoms with Gasteiger partial charge in [-0.25, -0.2) is 4.68 Å². The van der Waals surface area contributed by atoms with Crippen LogP contribution in [0.25, 0.3) is 11.0 Å². The lowest BCUT2D eigenvalue weighted by molar-refractivity contribution is 0.0996. The highest BCUT2D eigenvalue weighted by atomic mass is 16.3.